The summed E-state index contributed by atoms with van der Waals surface area (Å²) in [5.41, 5.74) is 0. The first-order valence-corrected chi connectivity index (χ1v) is 10.6. The molecule has 1 aromatic heterocycles. The van der Waals surface area contributed by atoms with Crippen molar-refractivity contribution in [2.75, 3.05) is 64.9 Å². The van der Waals surface area contributed by atoms with E-state index in [4.69, 9.17) is 4.74 Å². The fourth-order valence-corrected chi connectivity index (χ4v) is 3.36. The minimum Gasteiger partial charge on any atom is -0.492 e. The van der Waals surface area contributed by atoms with Crippen LogP contribution in [-0.4, -0.2) is 91.6 Å². The number of halogens is 1. The van der Waals surface area contributed by atoms with Crippen LogP contribution in [0.4, 0.5) is 5.95 Å². The summed E-state index contributed by atoms with van der Waals surface area (Å²) in [6.07, 6.45) is 3.90. The molecular formula is C22H32IN7O2. The van der Waals surface area contributed by atoms with Crippen molar-refractivity contribution >= 4 is 41.8 Å². The van der Waals surface area contributed by atoms with Gasteiger partial charge in [0, 0.05) is 65.6 Å². The highest BCUT2D eigenvalue weighted by Gasteiger charge is 2.22. The molecule has 1 fully saturated rings. The van der Waals surface area contributed by atoms with Crippen LogP contribution < -0.4 is 15.0 Å². The van der Waals surface area contributed by atoms with Crippen LogP contribution in [0.25, 0.3) is 0 Å². The van der Waals surface area contributed by atoms with Gasteiger partial charge in [-0.2, -0.15) is 0 Å². The maximum Gasteiger partial charge on any atom is 0.225 e. The molecule has 0 unspecified atom stereocenters. The lowest BCUT2D eigenvalue weighted by Crippen LogP contribution is -2.50. The van der Waals surface area contributed by atoms with Gasteiger partial charge in [-0.1, -0.05) is 18.2 Å². The van der Waals surface area contributed by atoms with Gasteiger partial charge in [0.05, 0.1) is 6.54 Å². The Balaban J connectivity index is 0.00000363. The lowest BCUT2D eigenvalue weighted by atomic mass is 10.3. The van der Waals surface area contributed by atoms with E-state index in [1.807, 2.05) is 47.2 Å². The average Bonchev–Trinajstić information content (AvgIpc) is 2.83. The second kappa shape index (κ2) is 13.7. The third-order valence-corrected chi connectivity index (χ3v) is 5.10. The summed E-state index contributed by atoms with van der Waals surface area (Å²) >= 11 is 0. The monoisotopic (exact) mass is 553 g/mol. The molecule has 0 radical (unpaired) electrons. The number of anilines is 1. The summed E-state index contributed by atoms with van der Waals surface area (Å²) < 4.78 is 5.74. The number of piperazine rings is 1. The van der Waals surface area contributed by atoms with Crippen molar-refractivity contribution in [2.45, 2.75) is 6.42 Å². The number of carbonyl (C=O) groups excluding carboxylic acids is 1. The Morgan fingerprint density at radius 3 is 2.47 bits per heavy atom. The van der Waals surface area contributed by atoms with Crippen LogP contribution >= 0.6 is 24.0 Å². The van der Waals surface area contributed by atoms with Gasteiger partial charge in [-0.15, -0.1) is 24.0 Å². The fourth-order valence-electron chi connectivity index (χ4n) is 3.36. The van der Waals surface area contributed by atoms with Gasteiger partial charge in [-0.25, -0.2) is 9.97 Å². The second-order valence-electron chi connectivity index (χ2n) is 7.22. The number of para-hydroxylation sites is 1. The molecule has 9 nitrogen and oxygen atoms in total. The Hall–Kier alpha value is -2.63. The predicted molar refractivity (Wildman–Crippen MR) is 137 cm³/mol. The minimum atomic E-state index is 0. The SMILES string of the molecule is CN=C(NCCC(=O)N1CCN(c2ncccn2)CC1)N(C)CCOc1ccccc1.I. The van der Waals surface area contributed by atoms with Crippen LogP contribution in [0.3, 0.4) is 0 Å². The molecule has 1 amide bonds. The van der Waals surface area contributed by atoms with E-state index >= 15 is 0 Å². The Bertz CT molecular complexity index is 831. The van der Waals surface area contributed by atoms with Crippen LogP contribution in [0.2, 0.25) is 0 Å². The number of amides is 1. The third kappa shape index (κ3) is 7.81. The van der Waals surface area contributed by atoms with E-state index in [-0.39, 0.29) is 29.9 Å². The van der Waals surface area contributed by atoms with E-state index in [9.17, 15) is 4.79 Å². The number of benzene rings is 1. The second-order valence-corrected chi connectivity index (χ2v) is 7.22. The van der Waals surface area contributed by atoms with Crippen LogP contribution in [0, 0.1) is 0 Å². The molecule has 0 spiro atoms. The summed E-state index contributed by atoms with van der Waals surface area (Å²) in [7, 11) is 3.69. The van der Waals surface area contributed by atoms with Crippen LogP contribution in [0.5, 0.6) is 5.75 Å². The van der Waals surface area contributed by atoms with E-state index in [1.54, 1.807) is 25.5 Å². The zero-order valence-corrected chi connectivity index (χ0v) is 21.0. The summed E-state index contributed by atoms with van der Waals surface area (Å²) in [4.78, 5) is 31.4. The number of hydrogen-bond donors (Lipinski definition) is 1. The Labute approximate surface area is 206 Å². The molecule has 0 saturated carbocycles. The van der Waals surface area contributed by atoms with Gasteiger partial charge in [0.25, 0.3) is 0 Å². The molecule has 32 heavy (non-hydrogen) atoms. The highest BCUT2D eigenvalue weighted by Crippen LogP contribution is 2.10. The number of aromatic nitrogens is 2. The van der Waals surface area contributed by atoms with Crippen molar-refractivity contribution in [3.8, 4) is 5.75 Å². The molecule has 1 N–H and O–H groups in total. The fraction of sp³-hybridized carbons (Fsp3) is 0.455. The molecule has 0 bridgehead atoms. The molecule has 10 heteroatoms. The first-order chi connectivity index (χ1) is 15.2. The lowest BCUT2D eigenvalue weighted by Gasteiger charge is -2.34. The van der Waals surface area contributed by atoms with Gasteiger partial charge < -0.3 is 24.8 Å². The molecule has 2 aromatic rings. The molecular weight excluding hydrogens is 521 g/mol. The van der Waals surface area contributed by atoms with Crippen molar-refractivity contribution in [3.05, 3.63) is 48.8 Å². The maximum atomic E-state index is 12.6. The highest BCUT2D eigenvalue weighted by atomic mass is 127. The zero-order chi connectivity index (χ0) is 21.9. The van der Waals surface area contributed by atoms with E-state index in [0.717, 1.165) is 30.7 Å². The number of carbonyl (C=O) groups is 1. The summed E-state index contributed by atoms with van der Waals surface area (Å²) in [5.74, 6) is 2.46. The standard InChI is InChI=1S/C22H31N7O2.HI/c1-23-21(27(2)17-18-31-19-7-4-3-5-8-19)26-12-9-20(30)28-13-15-29(16-14-28)22-24-10-6-11-25-22;/h3-8,10-11H,9,12-18H2,1-2H3,(H,23,26);1H. The van der Waals surface area contributed by atoms with Gasteiger partial charge in [0.2, 0.25) is 11.9 Å². The summed E-state index contributed by atoms with van der Waals surface area (Å²) in [6, 6.07) is 11.5. The smallest absolute Gasteiger partial charge is 0.225 e. The molecule has 174 valence electrons. The summed E-state index contributed by atoms with van der Waals surface area (Å²) in [6.45, 7) is 4.63. The van der Waals surface area contributed by atoms with Gasteiger partial charge in [-0.05, 0) is 18.2 Å². The van der Waals surface area contributed by atoms with Crippen LogP contribution in [0.1, 0.15) is 6.42 Å². The predicted octanol–water partition coefficient (Wildman–Crippen LogP) is 1.72. The Kier molecular flexibility index (Phi) is 11.0. The molecule has 3 rings (SSSR count). The molecule has 1 aliphatic rings. The minimum absolute atomic E-state index is 0. The average molecular weight is 553 g/mol. The van der Waals surface area contributed by atoms with Crippen molar-refractivity contribution in [3.63, 3.8) is 0 Å². The quantitative estimate of drug-likeness (QED) is 0.303. The normalized spacial score (nSPS) is 13.9. The number of guanidine groups is 1. The first kappa shape index (κ1) is 25.6. The van der Waals surface area contributed by atoms with Gasteiger partial charge in [0.15, 0.2) is 5.96 Å². The Morgan fingerprint density at radius 2 is 1.81 bits per heavy atom. The number of rotatable bonds is 8. The topological polar surface area (TPSA) is 86.2 Å². The molecule has 1 aromatic carbocycles. The van der Waals surface area contributed by atoms with Crippen molar-refractivity contribution < 1.29 is 9.53 Å². The van der Waals surface area contributed by atoms with Gasteiger partial charge >= 0.3 is 0 Å². The molecule has 0 atom stereocenters. The van der Waals surface area contributed by atoms with Gasteiger partial charge in [0.1, 0.15) is 12.4 Å². The van der Waals surface area contributed by atoms with E-state index in [1.165, 1.54) is 0 Å². The number of likely N-dealkylation sites (N-methyl/N-ethyl adjacent to an activating group) is 1. The number of aliphatic imine (C=N–C) groups is 1. The first-order valence-electron chi connectivity index (χ1n) is 10.6. The van der Waals surface area contributed by atoms with Crippen molar-refractivity contribution in [2.24, 2.45) is 4.99 Å². The van der Waals surface area contributed by atoms with Crippen LogP contribution in [0.15, 0.2) is 53.8 Å². The van der Waals surface area contributed by atoms with E-state index < -0.39 is 0 Å². The van der Waals surface area contributed by atoms with Crippen molar-refractivity contribution in [1.82, 2.24) is 25.1 Å². The van der Waals surface area contributed by atoms with Crippen LogP contribution in [-0.2, 0) is 4.79 Å². The molecule has 0 aliphatic carbocycles. The van der Waals surface area contributed by atoms with Crippen molar-refractivity contribution in [1.29, 1.82) is 0 Å². The Morgan fingerprint density at radius 1 is 1.12 bits per heavy atom. The molecule has 2 heterocycles. The molecule has 1 aliphatic heterocycles. The molecule has 1 saturated heterocycles. The highest BCUT2D eigenvalue weighted by molar-refractivity contribution is 14.0. The number of hydrogen-bond acceptors (Lipinski definition) is 6. The third-order valence-electron chi connectivity index (χ3n) is 5.10. The zero-order valence-electron chi connectivity index (χ0n) is 18.7. The summed E-state index contributed by atoms with van der Waals surface area (Å²) in [5, 5.41) is 3.26. The van der Waals surface area contributed by atoms with Gasteiger partial charge in [-0.3, -0.25) is 9.79 Å². The maximum absolute atomic E-state index is 12.6. The largest absolute Gasteiger partial charge is 0.492 e. The van der Waals surface area contributed by atoms with E-state index in [0.29, 0.717) is 39.2 Å². The lowest BCUT2D eigenvalue weighted by molar-refractivity contribution is -0.131. The van der Waals surface area contributed by atoms with E-state index in [2.05, 4.69) is 25.2 Å². The number of nitrogens with one attached hydrogen (secondary N) is 1. The number of nitrogens with zero attached hydrogens (tertiary/aromatic N) is 6. The number of ether oxygens (including phenoxy) is 1.